The summed E-state index contributed by atoms with van der Waals surface area (Å²) in [5.41, 5.74) is 2.67. The summed E-state index contributed by atoms with van der Waals surface area (Å²) < 4.78 is 0. The first-order chi connectivity index (χ1) is 5.66. The fourth-order valence-corrected chi connectivity index (χ4v) is 1.15. The van der Waals surface area contributed by atoms with Crippen LogP contribution in [0.15, 0.2) is 23.8 Å². The number of nitrogens with one attached hydrogen (secondary N) is 1. The number of hydrogen-bond acceptors (Lipinski definition) is 1. The molecular weight excluding hydrogens is 146 g/mol. The lowest BCUT2D eigenvalue weighted by Gasteiger charge is -2.01. The number of allylic oxidation sites excluding steroid dienone is 2. The molecule has 0 saturated carbocycles. The van der Waals surface area contributed by atoms with Crippen LogP contribution in [0.3, 0.4) is 0 Å². The zero-order chi connectivity index (χ0) is 9.40. The maximum atomic E-state index is 3.88. The molecule has 0 fully saturated rings. The minimum atomic E-state index is 1.05. The van der Waals surface area contributed by atoms with Crippen LogP contribution in [0.25, 0.3) is 0 Å². The SMILES string of the molecule is C=C(C)CC(C)=CCCNCC. The first kappa shape index (κ1) is 11.4. The van der Waals surface area contributed by atoms with E-state index in [4.69, 9.17) is 0 Å². The number of rotatable bonds is 6. The first-order valence-electron chi connectivity index (χ1n) is 4.67. The van der Waals surface area contributed by atoms with E-state index in [9.17, 15) is 0 Å². The van der Waals surface area contributed by atoms with Crippen LogP contribution in [-0.2, 0) is 0 Å². The van der Waals surface area contributed by atoms with Crippen LogP contribution in [0.2, 0.25) is 0 Å². The van der Waals surface area contributed by atoms with Crippen molar-refractivity contribution in [3.63, 3.8) is 0 Å². The molecule has 0 rings (SSSR count). The Morgan fingerprint density at radius 3 is 2.58 bits per heavy atom. The summed E-state index contributed by atoms with van der Waals surface area (Å²) in [6.45, 7) is 12.4. The topological polar surface area (TPSA) is 12.0 Å². The molecule has 0 unspecified atom stereocenters. The normalized spacial score (nSPS) is 11.8. The molecule has 0 aromatic rings. The Balaban J connectivity index is 3.48. The molecule has 0 spiro atoms. The van der Waals surface area contributed by atoms with Gasteiger partial charge in [0.1, 0.15) is 0 Å². The molecule has 12 heavy (non-hydrogen) atoms. The highest BCUT2D eigenvalue weighted by Gasteiger charge is 1.89. The van der Waals surface area contributed by atoms with E-state index in [0.717, 1.165) is 25.9 Å². The second-order valence-electron chi connectivity index (χ2n) is 3.33. The van der Waals surface area contributed by atoms with Crippen molar-refractivity contribution in [2.75, 3.05) is 13.1 Å². The van der Waals surface area contributed by atoms with E-state index in [2.05, 4.69) is 38.7 Å². The monoisotopic (exact) mass is 167 g/mol. The van der Waals surface area contributed by atoms with Gasteiger partial charge in [0.05, 0.1) is 0 Å². The molecule has 1 N–H and O–H groups in total. The molecule has 0 amide bonds. The van der Waals surface area contributed by atoms with Gasteiger partial charge in [0, 0.05) is 0 Å². The molecule has 0 atom stereocenters. The Morgan fingerprint density at radius 1 is 1.42 bits per heavy atom. The summed E-state index contributed by atoms with van der Waals surface area (Å²) >= 11 is 0. The van der Waals surface area contributed by atoms with E-state index < -0.39 is 0 Å². The summed E-state index contributed by atoms with van der Waals surface area (Å²) in [5.74, 6) is 0. The van der Waals surface area contributed by atoms with Crippen molar-refractivity contribution < 1.29 is 0 Å². The number of hydrogen-bond donors (Lipinski definition) is 1. The maximum absolute atomic E-state index is 3.88. The zero-order valence-electron chi connectivity index (χ0n) is 8.61. The van der Waals surface area contributed by atoms with Crippen molar-refractivity contribution in [1.29, 1.82) is 0 Å². The van der Waals surface area contributed by atoms with Crippen LogP contribution in [0.4, 0.5) is 0 Å². The fourth-order valence-electron chi connectivity index (χ4n) is 1.15. The van der Waals surface area contributed by atoms with Gasteiger partial charge in [0.2, 0.25) is 0 Å². The summed E-state index contributed by atoms with van der Waals surface area (Å²) in [6, 6.07) is 0. The van der Waals surface area contributed by atoms with Crippen molar-refractivity contribution in [2.24, 2.45) is 0 Å². The van der Waals surface area contributed by atoms with Gasteiger partial charge in [-0.1, -0.05) is 30.7 Å². The lowest BCUT2D eigenvalue weighted by atomic mass is 10.1. The Kier molecular flexibility index (Phi) is 6.78. The van der Waals surface area contributed by atoms with Crippen LogP contribution in [0.1, 0.15) is 33.6 Å². The van der Waals surface area contributed by atoms with Crippen molar-refractivity contribution in [2.45, 2.75) is 33.6 Å². The van der Waals surface area contributed by atoms with Gasteiger partial charge in [-0.2, -0.15) is 0 Å². The van der Waals surface area contributed by atoms with Gasteiger partial charge in [0.15, 0.2) is 0 Å². The highest BCUT2D eigenvalue weighted by atomic mass is 14.8. The smallest absolute Gasteiger partial charge is 0.00143 e. The Morgan fingerprint density at radius 2 is 2.08 bits per heavy atom. The highest BCUT2D eigenvalue weighted by molar-refractivity contribution is 5.08. The lowest BCUT2D eigenvalue weighted by molar-refractivity contribution is 0.724. The Hall–Kier alpha value is -0.560. The summed E-state index contributed by atoms with van der Waals surface area (Å²) in [7, 11) is 0. The largest absolute Gasteiger partial charge is 0.317 e. The van der Waals surface area contributed by atoms with Crippen LogP contribution in [0, 0.1) is 0 Å². The predicted octanol–water partition coefficient (Wildman–Crippen LogP) is 2.90. The van der Waals surface area contributed by atoms with E-state index in [1.807, 2.05) is 0 Å². The molecule has 0 aromatic carbocycles. The van der Waals surface area contributed by atoms with E-state index in [1.165, 1.54) is 11.1 Å². The van der Waals surface area contributed by atoms with Crippen LogP contribution in [0.5, 0.6) is 0 Å². The molecule has 0 saturated heterocycles. The third kappa shape index (κ3) is 7.55. The van der Waals surface area contributed by atoms with Gasteiger partial charge >= 0.3 is 0 Å². The maximum Gasteiger partial charge on any atom is -0.00143 e. The average Bonchev–Trinajstić information content (AvgIpc) is 1.97. The zero-order valence-corrected chi connectivity index (χ0v) is 8.61. The standard InChI is InChI=1S/C11H21N/c1-5-12-8-6-7-11(4)9-10(2)3/h7,12H,2,5-6,8-9H2,1,3-4H3. The van der Waals surface area contributed by atoms with E-state index in [0.29, 0.717) is 0 Å². The summed E-state index contributed by atoms with van der Waals surface area (Å²) in [4.78, 5) is 0. The second kappa shape index (κ2) is 7.11. The molecule has 0 heterocycles. The minimum absolute atomic E-state index is 1.05. The van der Waals surface area contributed by atoms with Crippen LogP contribution in [-0.4, -0.2) is 13.1 Å². The van der Waals surface area contributed by atoms with E-state index >= 15 is 0 Å². The Bertz CT molecular complexity index is 156. The van der Waals surface area contributed by atoms with Gasteiger partial charge in [-0.05, 0) is 39.8 Å². The molecule has 1 nitrogen and oxygen atoms in total. The van der Waals surface area contributed by atoms with E-state index in [-0.39, 0.29) is 0 Å². The Labute approximate surface area is 76.6 Å². The van der Waals surface area contributed by atoms with Crippen molar-refractivity contribution in [3.05, 3.63) is 23.8 Å². The van der Waals surface area contributed by atoms with Crippen LogP contribution < -0.4 is 5.32 Å². The van der Waals surface area contributed by atoms with Crippen LogP contribution >= 0.6 is 0 Å². The average molecular weight is 167 g/mol. The van der Waals surface area contributed by atoms with Crippen molar-refractivity contribution in [1.82, 2.24) is 5.32 Å². The molecule has 0 aliphatic heterocycles. The predicted molar refractivity (Wildman–Crippen MR) is 56.3 cm³/mol. The summed E-state index contributed by atoms with van der Waals surface area (Å²) in [6.07, 6.45) is 4.47. The molecule has 0 aromatic heterocycles. The molecule has 70 valence electrons. The third-order valence-electron chi connectivity index (χ3n) is 1.64. The third-order valence-corrected chi connectivity index (χ3v) is 1.64. The molecule has 0 aliphatic rings. The fraction of sp³-hybridized carbons (Fsp3) is 0.636. The molecule has 0 bridgehead atoms. The summed E-state index contributed by atoms with van der Waals surface area (Å²) in [5, 5.41) is 3.29. The van der Waals surface area contributed by atoms with E-state index in [1.54, 1.807) is 0 Å². The minimum Gasteiger partial charge on any atom is -0.317 e. The molecule has 0 aliphatic carbocycles. The van der Waals surface area contributed by atoms with Gasteiger partial charge in [-0.15, -0.1) is 0 Å². The van der Waals surface area contributed by atoms with Gasteiger partial charge < -0.3 is 5.32 Å². The molecular formula is C11H21N. The van der Waals surface area contributed by atoms with Crippen molar-refractivity contribution >= 4 is 0 Å². The van der Waals surface area contributed by atoms with Gasteiger partial charge in [-0.3, -0.25) is 0 Å². The molecule has 1 heteroatoms. The lowest BCUT2D eigenvalue weighted by Crippen LogP contribution is -2.13. The van der Waals surface area contributed by atoms with Gasteiger partial charge in [0.25, 0.3) is 0 Å². The first-order valence-corrected chi connectivity index (χ1v) is 4.67. The highest BCUT2D eigenvalue weighted by Crippen LogP contribution is 2.07. The second-order valence-corrected chi connectivity index (χ2v) is 3.33. The van der Waals surface area contributed by atoms with Gasteiger partial charge in [-0.25, -0.2) is 0 Å². The quantitative estimate of drug-likeness (QED) is 0.474. The molecule has 0 radical (unpaired) electrons. The van der Waals surface area contributed by atoms with Crippen molar-refractivity contribution in [3.8, 4) is 0 Å².